The molecule has 1 aliphatic heterocycles. The Morgan fingerprint density at radius 1 is 0.833 bits per heavy atom. The second-order valence-corrected chi connectivity index (χ2v) is 14.1. The maximum atomic E-state index is 14.0. The van der Waals surface area contributed by atoms with Gasteiger partial charge in [-0.05, 0) is 70.4 Å². The van der Waals surface area contributed by atoms with Crippen molar-refractivity contribution < 1.29 is 48.9 Å². The molecule has 0 unspecified atom stereocenters. The van der Waals surface area contributed by atoms with E-state index < -0.39 is 96.4 Å². The number of hydrogen-bond donors (Lipinski definition) is 10. The fourth-order valence-electron chi connectivity index (χ4n) is 5.95. The minimum atomic E-state index is -1.50. The first-order chi connectivity index (χ1) is 25.5. The number of carboxylic acids is 1. The first kappa shape index (κ1) is 45.5. The fraction of sp³-hybridized carbons (Fsp3) is 0.639. The summed E-state index contributed by atoms with van der Waals surface area (Å²) in [5, 5.41) is 42.1. The van der Waals surface area contributed by atoms with Gasteiger partial charge in [-0.25, -0.2) is 4.79 Å². The zero-order chi connectivity index (χ0) is 40.5. The number of rotatable bonds is 22. The molecule has 1 heterocycles. The number of carboxylic acid groups (broad SMARTS) is 1. The molecule has 0 bridgehead atoms. The lowest BCUT2D eigenvalue weighted by Gasteiger charge is -2.32. The molecule has 18 nitrogen and oxygen atoms in total. The Balaban J connectivity index is 2.15. The highest BCUT2D eigenvalue weighted by Crippen LogP contribution is 2.21. The number of amides is 6. The summed E-state index contributed by atoms with van der Waals surface area (Å²) < 4.78 is 0. The molecule has 1 saturated heterocycles. The number of nitrogens with zero attached hydrogens (tertiary/aromatic N) is 1. The van der Waals surface area contributed by atoms with Crippen LogP contribution in [0.1, 0.15) is 71.8 Å². The standard InChI is InChI=1S/C36H58N8O10/c1-20(2)17-25(42-34(51)30(22(4)46)43-33(50)29(38)21(3)45)35(52)44-16-10-14-27(44)32(49)41-24(13-8-9-15-37)31(48)39-19-28(47)40-26(36(53)54)18-23-11-6-5-7-12-23/h5-7,11-12,20-22,24-27,29-30,45-46H,8-10,13-19,37-38H2,1-4H3,(H,39,48)(H,40,47)(H,41,49)(H,42,51)(H,43,50)(H,53,54)/t21-,22-,24+,25+,26+,27+,29+,30+/m1/s1. The van der Waals surface area contributed by atoms with E-state index in [1.54, 1.807) is 30.3 Å². The van der Waals surface area contributed by atoms with Crippen molar-refractivity contribution in [3.63, 3.8) is 0 Å². The molecule has 0 aromatic heterocycles. The molecule has 2 rings (SSSR count). The first-order valence-electron chi connectivity index (χ1n) is 18.3. The van der Waals surface area contributed by atoms with Gasteiger partial charge in [-0.2, -0.15) is 0 Å². The molecule has 0 radical (unpaired) electrons. The number of aliphatic hydroxyl groups excluding tert-OH is 2. The van der Waals surface area contributed by atoms with E-state index in [4.69, 9.17) is 11.5 Å². The minimum absolute atomic E-state index is 0.0301. The third-order valence-corrected chi connectivity index (χ3v) is 8.96. The minimum Gasteiger partial charge on any atom is -0.480 e. The second kappa shape index (κ2) is 22.5. The molecule has 54 heavy (non-hydrogen) atoms. The number of unbranched alkanes of at least 4 members (excludes halogenated alkanes) is 1. The summed E-state index contributed by atoms with van der Waals surface area (Å²) in [5.74, 6) is -5.73. The van der Waals surface area contributed by atoms with Gasteiger partial charge in [0, 0.05) is 13.0 Å². The molecule has 1 aromatic carbocycles. The Labute approximate surface area is 315 Å². The van der Waals surface area contributed by atoms with Gasteiger partial charge in [0.15, 0.2) is 0 Å². The van der Waals surface area contributed by atoms with Crippen LogP contribution < -0.4 is 38.1 Å². The predicted octanol–water partition coefficient (Wildman–Crippen LogP) is -2.38. The van der Waals surface area contributed by atoms with Crippen molar-refractivity contribution >= 4 is 41.4 Å². The van der Waals surface area contributed by atoms with Gasteiger partial charge >= 0.3 is 5.97 Å². The zero-order valence-corrected chi connectivity index (χ0v) is 31.5. The molecular formula is C36H58N8O10. The molecule has 302 valence electrons. The molecule has 0 aliphatic carbocycles. The topological polar surface area (TPSA) is 296 Å². The lowest BCUT2D eigenvalue weighted by Crippen LogP contribution is -2.61. The number of carbonyl (C=O) groups is 7. The van der Waals surface area contributed by atoms with Gasteiger partial charge in [-0.1, -0.05) is 44.2 Å². The maximum Gasteiger partial charge on any atom is 0.326 e. The normalized spacial score (nSPS) is 17.9. The van der Waals surface area contributed by atoms with Crippen LogP contribution in [0.4, 0.5) is 0 Å². The number of aliphatic carboxylic acids is 1. The maximum absolute atomic E-state index is 14.0. The van der Waals surface area contributed by atoms with Gasteiger partial charge in [0.1, 0.15) is 36.3 Å². The van der Waals surface area contributed by atoms with Gasteiger partial charge in [-0.3, -0.25) is 28.8 Å². The SMILES string of the molecule is CC(C)C[C@H](NC(=O)[C@@H](NC(=O)[C@@H](N)[C@@H](C)O)[C@@H](C)O)C(=O)N1CCC[C@H]1C(=O)N[C@@H](CCCCN)C(=O)NCC(=O)N[C@@H](Cc1ccccc1)C(=O)O. The Morgan fingerprint density at radius 3 is 2.07 bits per heavy atom. The van der Waals surface area contributed by atoms with Gasteiger partial charge in [0.25, 0.3) is 0 Å². The van der Waals surface area contributed by atoms with Crippen molar-refractivity contribution in [1.82, 2.24) is 31.5 Å². The van der Waals surface area contributed by atoms with Crippen molar-refractivity contribution in [2.24, 2.45) is 17.4 Å². The summed E-state index contributed by atoms with van der Waals surface area (Å²) in [6.45, 7) is 6.18. The average molecular weight is 763 g/mol. The Morgan fingerprint density at radius 2 is 1.50 bits per heavy atom. The van der Waals surface area contributed by atoms with Crippen LogP contribution in [0.3, 0.4) is 0 Å². The lowest BCUT2D eigenvalue weighted by molar-refractivity contribution is -0.143. The summed E-state index contributed by atoms with van der Waals surface area (Å²) in [7, 11) is 0. The molecule has 0 spiro atoms. The highest BCUT2D eigenvalue weighted by molar-refractivity contribution is 5.97. The van der Waals surface area contributed by atoms with Gasteiger partial charge in [0.2, 0.25) is 35.4 Å². The zero-order valence-electron chi connectivity index (χ0n) is 31.5. The molecule has 12 N–H and O–H groups in total. The molecule has 18 heteroatoms. The van der Waals surface area contributed by atoms with Crippen LogP contribution in [0.15, 0.2) is 30.3 Å². The molecule has 1 aliphatic rings. The molecule has 0 saturated carbocycles. The molecular weight excluding hydrogens is 704 g/mol. The van der Waals surface area contributed by atoms with Crippen molar-refractivity contribution in [3.8, 4) is 0 Å². The van der Waals surface area contributed by atoms with E-state index in [-0.39, 0.29) is 38.1 Å². The van der Waals surface area contributed by atoms with Gasteiger partial charge < -0.3 is 58.3 Å². The van der Waals surface area contributed by atoms with E-state index in [0.717, 1.165) is 0 Å². The third kappa shape index (κ3) is 14.6. The van der Waals surface area contributed by atoms with Crippen LogP contribution in [-0.4, -0.2) is 130 Å². The summed E-state index contributed by atoms with van der Waals surface area (Å²) in [6.07, 6.45) is -0.553. The van der Waals surface area contributed by atoms with Gasteiger partial charge in [0.05, 0.1) is 18.8 Å². The fourth-order valence-corrected chi connectivity index (χ4v) is 5.95. The van der Waals surface area contributed by atoms with E-state index in [1.807, 2.05) is 13.8 Å². The quantitative estimate of drug-likeness (QED) is 0.0555. The summed E-state index contributed by atoms with van der Waals surface area (Å²) >= 11 is 0. The lowest BCUT2D eigenvalue weighted by atomic mass is 10.0. The van der Waals surface area contributed by atoms with E-state index in [1.165, 1.54) is 18.7 Å². The number of nitrogens with one attached hydrogen (secondary N) is 5. The van der Waals surface area contributed by atoms with Crippen LogP contribution in [-0.2, 0) is 40.0 Å². The highest BCUT2D eigenvalue weighted by Gasteiger charge is 2.40. The number of benzene rings is 1. The van der Waals surface area contributed by atoms with E-state index in [0.29, 0.717) is 31.4 Å². The highest BCUT2D eigenvalue weighted by atomic mass is 16.4. The van der Waals surface area contributed by atoms with E-state index in [9.17, 15) is 48.9 Å². The number of likely N-dealkylation sites (tertiary alicyclic amines) is 1. The molecule has 1 aromatic rings. The monoisotopic (exact) mass is 762 g/mol. The number of carbonyl (C=O) groups excluding carboxylic acids is 6. The van der Waals surface area contributed by atoms with Crippen molar-refractivity contribution in [3.05, 3.63) is 35.9 Å². The second-order valence-electron chi connectivity index (χ2n) is 14.1. The Hall–Kier alpha value is -4.65. The Bertz CT molecular complexity index is 1430. The van der Waals surface area contributed by atoms with Gasteiger partial charge in [-0.15, -0.1) is 0 Å². The van der Waals surface area contributed by atoms with Crippen LogP contribution in [0.25, 0.3) is 0 Å². The molecule has 8 atom stereocenters. The largest absolute Gasteiger partial charge is 0.480 e. The Kier molecular flexibility index (Phi) is 19.0. The first-order valence-corrected chi connectivity index (χ1v) is 18.3. The number of hydrogen-bond acceptors (Lipinski definition) is 11. The smallest absolute Gasteiger partial charge is 0.326 e. The number of aliphatic hydroxyl groups is 2. The van der Waals surface area contributed by atoms with Crippen LogP contribution in [0.2, 0.25) is 0 Å². The predicted molar refractivity (Wildman–Crippen MR) is 197 cm³/mol. The molecule has 6 amide bonds. The van der Waals surface area contributed by atoms with Crippen molar-refractivity contribution in [2.75, 3.05) is 19.6 Å². The average Bonchev–Trinajstić information content (AvgIpc) is 3.61. The molecule has 1 fully saturated rings. The van der Waals surface area contributed by atoms with Crippen LogP contribution in [0, 0.1) is 5.92 Å². The van der Waals surface area contributed by atoms with Crippen molar-refractivity contribution in [2.45, 2.75) is 121 Å². The van der Waals surface area contributed by atoms with E-state index >= 15 is 0 Å². The third-order valence-electron chi connectivity index (χ3n) is 8.96. The summed E-state index contributed by atoms with van der Waals surface area (Å²) in [6, 6.07) is 1.36. The summed E-state index contributed by atoms with van der Waals surface area (Å²) in [4.78, 5) is 92.5. The van der Waals surface area contributed by atoms with Crippen LogP contribution in [0.5, 0.6) is 0 Å². The van der Waals surface area contributed by atoms with Crippen molar-refractivity contribution in [1.29, 1.82) is 0 Å². The van der Waals surface area contributed by atoms with E-state index in [2.05, 4.69) is 26.6 Å². The van der Waals surface area contributed by atoms with Crippen LogP contribution >= 0.6 is 0 Å². The summed E-state index contributed by atoms with van der Waals surface area (Å²) in [5.41, 5.74) is 12.0. The number of nitrogens with two attached hydrogens (primary N) is 2.